The molecule has 2 aliphatic rings. The van der Waals surface area contributed by atoms with E-state index in [4.69, 9.17) is 9.97 Å². The molecule has 1 N–H and O–H groups in total. The van der Waals surface area contributed by atoms with E-state index in [-0.39, 0.29) is 5.91 Å². The van der Waals surface area contributed by atoms with E-state index < -0.39 is 0 Å². The summed E-state index contributed by atoms with van der Waals surface area (Å²) >= 11 is 0. The minimum absolute atomic E-state index is 0.170. The summed E-state index contributed by atoms with van der Waals surface area (Å²) in [6.07, 6.45) is 7.19. The number of nitrogens with zero attached hydrogens (tertiary/aromatic N) is 7. The normalized spacial score (nSPS) is 17.8. The monoisotopic (exact) mass is 526 g/mol. The highest BCUT2D eigenvalue weighted by molar-refractivity contribution is 6.04. The maximum atomic E-state index is 13.6. The van der Waals surface area contributed by atoms with Crippen LogP contribution in [-0.4, -0.2) is 73.2 Å². The van der Waals surface area contributed by atoms with Crippen molar-refractivity contribution in [2.45, 2.75) is 52.1 Å². The van der Waals surface area contributed by atoms with Crippen molar-refractivity contribution in [2.24, 2.45) is 7.05 Å². The second kappa shape index (κ2) is 10.9. The summed E-state index contributed by atoms with van der Waals surface area (Å²) in [5.74, 6) is 0.441. The molecule has 0 atom stereocenters. The van der Waals surface area contributed by atoms with Crippen LogP contribution in [0.5, 0.6) is 0 Å². The van der Waals surface area contributed by atoms with Crippen LogP contribution in [0.15, 0.2) is 36.5 Å². The van der Waals surface area contributed by atoms with Gasteiger partial charge in [-0.05, 0) is 63.1 Å². The molecule has 0 radical (unpaired) electrons. The first-order valence-electron chi connectivity index (χ1n) is 14.2. The van der Waals surface area contributed by atoms with E-state index in [2.05, 4.69) is 50.0 Å². The number of aromatic nitrogens is 5. The Labute approximate surface area is 229 Å². The van der Waals surface area contributed by atoms with Crippen LogP contribution in [0.25, 0.3) is 22.3 Å². The van der Waals surface area contributed by atoms with Gasteiger partial charge in [0.15, 0.2) is 0 Å². The molecule has 1 fully saturated rings. The highest BCUT2D eigenvalue weighted by atomic mass is 16.1. The Hall–Kier alpha value is -3.56. The van der Waals surface area contributed by atoms with Crippen molar-refractivity contribution >= 4 is 22.9 Å². The van der Waals surface area contributed by atoms with Gasteiger partial charge >= 0.3 is 0 Å². The first-order chi connectivity index (χ1) is 18.9. The minimum atomic E-state index is -0.170. The maximum Gasteiger partial charge on any atom is 0.258 e. The van der Waals surface area contributed by atoms with Gasteiger partial charge < -0.3 is 9.47 Å². The first-order valence-corrected chi connectivity index (χ1v) is 14.2. The van der Waals surface area contributed by atoms with E-state index in [1.807, 2.05) is 37.0 Å². The number of amides is 1. The Morgan fingerprint density at radius 1 is 0.923 bits per heavy atom. The SMILES string of the molecule is Cc1cc2cc(n1)-c1cnn(C)c1CCCCCCn1c(nc3ccc(CN4CCN(C)CC4)cc31)NC2=O. The summed E-state index contributed by atoms with van der Waals surface area (Å²) in [5, 5.41) is 7.64. The van der Waals surface area contributed by atoms with Gasteiger partial charge in [-0.2, -0.15) is 5.10 Å². The number of nitrogens with one attached hydrogen (secondary N) is 1. The van der Waals surface area contributed by atoms with E-state index in [9.17, 15) is 4.79 Å². The lowest BCUT2D eigenvalue weighted by Crippen LogP contribution is -2.43. The molecule has 0 aliphatic carbocycles. The van der Waals surface area contributed by atoms with Gasteiger partial charge in [0.05, 0.1) is 22.9 Å². The van der Waals surface area contributed by atoms with Crippen molar-refractivity contribution in [3.05, 3.63) is 59.0 Å². The highest BCUT2D eigenvalue weighted by Crippen LogP contribution is 2.27. The molecule has 1 amide bonds. The fourth-order valence-corrected chi connectivity index (χ4v) is 5.85. The van der Waals surface area contributed by atoms with Gasteiger partial charge in [-0.1, -0.05) is 18.9 Å². The van der Waals surface area contributed by atoms with Crippen molar-refractivity contribution in [1.29, 1.82) is 0 Å². The molecule has 9 nitrogen and oxygen atoms in total. The molecule has 0 spiro atoms. The number of hydrogen-bond acceptors (Lipinski definition) is 6. The van der Waals surface area contributed by atoms with E-state index in [0.29, 0.717) is 11.5 Å². The molecule has 1 saturated heterocycles. The van der Waals surface area contributed by atoms with Crippen LogP contribution in [0.2, 0.25) is 0 Å². The highest BCUT2D eigenvalue weighted by Gasteiger charge is 2.20. The molecule has 1 aromatic carbocycles. The zero-order valence-electron chi connectivity index (χ0n) is 23.3. The number of piperazine rings is 1. The predicted octanol–water partition coefficient (Wildman–Crippen LogP) is 4.26. The van der Waals surface area contributed by atoms with Gasteiger partial charge in [-0.3, -0.25) is 24.7 Å². The molecule has 0 unspecified atom stereocenters. The number of fused-ring (bicyclic) bond motifs is 7. The number of likely N-dealkylation sites (N-methyl/N-ethyl adjacent to an activating group) is 1. The third-order valence-electron chi connectivity index (χ3n) is 8.14. The summed E-state index contributed by atoms with van der Waals surface area (Å²) in [6, 6.07) is 10.3. The molecular weight excluding hydrogens is 488 g/mol. The van der Waals surface area contributed by atoms with Gasteiger partial charge in [0.2, 0.25) is 5.95 Å². The van der Waals surface area contributed by atoms with Crippen LogP contribution in [0.4, 0.5) is 5.95 Å². The second-order valence-corrected chi connectivity index (χ2v) is 11.1. The zero-order chi connectivity index (χ0) is 26.9. The Bertz CT molecular complexity index is 1490. The summed E-state index contributed by atoms with van der Waals surface area (Å²) in [5.41, 5.74) is 7.64. The van der Waals surface area contributed by atoms with Crippen molar-refractivity contribution < 1.29 is 4.79 Å². The lowest BCUT2D eigenvalue weighted by atomic mass is 10.0. The Morgan fingerprint density at radius 3 is 2.59 bits per heavy atom. The molecule has 0 saturated carbocycles. The Kier molecular flexibility index (Phi) is 7.18. The quantitative estimate of drug-likeness (QED) is 0.420. The number of imidazole rings is 1. The van der Waals surface area contributed by atoms with Gasteiger partial charge in [-0.15, -0.1) is 0 Å². The maximum absolute atomic E-state index is 13.6. The minimum Gasteiger partial charge on any atom is -0.310 e. The van der Waals surface area contributed by atoms with Crippen LogP contribution in [0.1, 0.15) is 53.0 Å². The van der Waals surface area contributed by atoms with Crippen molar-refractivity contribution in [2.75, 3.05) is 38.5 Å². The molecule has 4 aromatic rings. The molecule has 3 aromatic heterocycles. The fourth-order valence-electron chi connectivity index (χ4n) is 5.85. The van der Waals surface area contributed by atoms with Crippen molar-refractivity contribution in [3.63, 3.8) is 0 Å². The van der Waals surface area contributed by atoms with E-state index >= 15 is 0 Å². The molecule has 2 aliphatic heterocycles. The molecule has 2 bridgehead atoms. The molecule has 6 rings (SSSR count). The van der Waals surface area contributed by atoms with Crippen molar-refractivity contribution in [1.82, 2.24) is 34.1 Å². The molecule has 9 heteroatoms. The molecule has 39 heavy (non-hydrogen) atoms. The van der Waals surface area contributed by atoms with Crippen LogP contribution >= 0.6 is 0 Å². The van der Waals surface area contributed by atoms with E-state index in [1.165, 1.54) is 11.3 Å². The lowest BCUT2D eigenvalue weighted by molar-refractivity contribution is 0.102. The third-order valence-corrected chi connectivity index (χ3v) is 8.14. The third kappa shape index (κ3) is 5.46. The molecule has 5 heterocycles. The standard InChI is InChI=1S/C30H38N8O/c1-21-16-23-18-26(32-21)24-19-31-36(3)27(24)8-6-4-5-7-11-38-28-17-22(20-37-14-12-35(2)13-15-37)9-10-25(28)33-30(38)34-29(23)39/h9-10,16-19H,4-8,11-15,20H2,1-3H3,(H,33,34,39). The molecular formula is C30H38N8O. The topological polar surface area (TPSA) is 84.1 Å². The average molecular weight is 527 g/mol. The first kappa shape index (κ1) is 25.7. The summed E-state index contributed by atoms with van der Waals surface area (Å²) in [6.45, 7) is 8.07. The smallest absolute Gasteiger partial charge is 0.258 e. The summed E-state index contributed by atoms with van der Waals surface area (Å²) in [4.78, 5) is 28.1. The number of benzene rings is 1. The number of hydrogen-bond donors (Lipinski definition) is 1. The second-order valence-electron chi connectivity index (χ2n) is 11.1. The number of aryl methyl sites for hydroxylation is 3. The van der Waals surface area contributed by atoms with Crippen LogP contribution in [0.3, 0.4) is 0 Å². The Balaban J connectivity index is 1.34. The number of pyridine rings is 1. The van der Waals surface area contributed by atoms with E-state index in [1.54, 1.807) is 0 Å². The zero-order valence-corrected chi connectivity index (χ0v) is 23.3. The fraction of sp³-hybridized carbons (Fsp3) is 0.467. The Morgan fingerprint density at radius 2 is 1.74 bits per heavy atom. The van der Waals surface area contributed by atoms with Gasteiger partial charge in [0, 0.05) is 68.8 Å². The lowest BCUT2D eigenvalue weighted by Gasteiger charge is -2.32. The number of carbonyl (C=O) groups excluding carboxylic acids is 1. The largest absolute Gasteiger partial charge is 0.310 e. The van der Waals surface area contributed by atoms with Crippen LogP contribution < -0.4 is 5.32 Å². The summed E-state index contributed by atoms with van der Waals surface area (Å²) in [7, 11) is 4.17. The van der Waals surface area contributed by atoms with E-state index in [0.717, 1.165) is 99.4 Å². The molecule has 204 valence electrons. The average Bonchev–Trinajstić information content (AvgIpc) is 3.45. The van der Waals surface area contributed by atoms with Gasteiger partial charge in [0.1, 0.15) is 0 Å². The number of rotatable bonds is 2. The summed E-state index contributed by atoms with van der Waals surface area (Å²) < 4.78 is 4.15. The van der Waals surface area contributed by atoms with Crippen LogP contribution in [0, 0.1) is 6.92 Å². The number of anilines is 1. The predicted molar refractivity (Wildman–Crippen MR) is 154 cm³/mol. The van der Waals surface area contributed by atoms with Crippen LogP contribution in [-0.2, 0) is 26.6 Å². The van der Waals surface area contributed by atoms with Crippen molar-refractivity contribution in [3.8, 4) is 11.3 Å². The number of carbonyl (C=O) groups is 1. The van der Waals surface area contributed by atoms with Gasteiger partial charge in [0.25, 0.3) is 5.91 Å². The van der Waals surface area contributed by atoms with Gasteiger partial charge in [-0.25, -0.2) is 4.98 Å².